The topological polar surface area (TPSA) is 26.8 Å². The molecule has 154 valence electrons. The molecule has 2 fully saturated rings. The van der Waals surface area contributed by atoms with E-state index in [2.05, 4.69) is 21.9 Å². The number of halogens is 3. The molecule has 2 aliphatic rings. The van der Waals surface area contributed by atoms with Gasteiger partial charge in [-0.3, -0.25) is 14.6 Å². The fraction of sp³-hybridized carbons (Fsp3) is 0.409. The zero-order chi connectivity index (χ0) is 20.4. The number of carbonyl (C=O) groups excluding carboxylic acids is 1. The van der Waals surface area contributed by atoms with Crippen LogP contribution in [-0.2, 0) is 24.1 Å². The summed E-state index contributed by atoms with van der Waals surface area (Å²) in [4.78, 5) is 19.4. The third-order valence-electron chi connectivity index (χ3n) is 5.73. The summed E-state index contributed by atoms with van der Waals surface area (Å²) in [7, 11) is 0. The molecule has 0 bridgehead atoms. The van der Waals surface area contributed by atoms with Crippen LogP contribution in [0.1, 0.15) is 16.7 Å². The second-order valence-corrected chi connectivity index (χ2v) is 7.73. The second kappa shape index (κ2) is 8.16. The number of amides is 1. The van der Waals surface area contributed by atoms with Crippen LogP contribution in [0.15, 0.2) is 54.6 Å². The minimum Gasteiger partial charge on any atom is -0.336 e. The Labute approximate surface area is 168 Å². The van der Waals surface area contributed by atoms with Crippen LogP contribution >= 0.6 is 0 Å². The molecule has 0 aromatic heterocycles. The van der Waals surface area contributed by atoms with Gasteiger partial charge in [-0.25, -0.2) is 0 Å². The van der Waals surface area contributed by atoms with Crippen molar-refractivity contribution in [1.82, 2.24) is 14.7 Å². The molecule has 2 saturated heterocycles. The molecular formula is C22H24F3N3O. The Kier molecular flexibility index (Phi) is 5.61. The summed E-state index contributed by atoms with van der Waals surface area (Å²) in [5.74, 6) is 0.0638. The normalized spacial score (nSPS) is 21.3. The van der Waals surface area contributed by atoms with Gasteiger partial charge in [-0.2, -0.15) is 13.2 Å². The third-order valence-corrected chi connectivity index (χ3v) is 5.73. The maximum Gasteiger partial charge on any atom is 0.416 e. The van der Waals surface area contributed by atoms with E-state index in [0.29, 0.717) is 19.6 Å². The van der Waals surface area contributed by atoms with Crippen molar-refractivity contribution in [3.05, 3.63) is 71.3 Å². The lowest BCUT2D eigenvalue weighted by atomic mass is 10.0. The van der Waals surface area contributed by atoms with Gasteiger partial charge in [0.1, 0.15) is 6.04 Å². The number of rotatable bonds is 4. The Morgan fingerprint density at radius 1 is 0.828 bits per heavy atom. The van der Waals surface area contributed by atoms with Gasteiger partial charge in [0.15, 0.2) is 0 Å². The lowest BCUT2D eigenvalue weighted by Gasteiger charge is -2.46. The molecule has 0 aliphatic carbocycles. The van der Waals surface area contributed by atoms with Gasteiger partial charge in [-0.1, -0.05) is 42.5 Å². The molecule has 2 aromatic carbocycles. The summed E-state index contributed by atoms with van der Waals surface area (Å²) in [6.45, 7) is 5.04. The van der Waals surface area contributed by atoms with Gasteiger partial charge < -0.3 is 4.90 Å². The number of benzene rings is 2. The van der Waals surface area contributed by atoms with E-state index in [0.717, 1.165) is 43.9 Å². The number of hydrogen-bond donors (Lipinski definition) is 0. The highest BCUT2D eigenvalue weighted by Crippen LogP contribution is 2.29. The van der Waals surface area contributed by atoms with Crippen LogP contribution in [0, 0.1) is 0 Å². The molecule has 1 amide bonds. The average Bonchev–Trinajstić information content (AvgIpc) is 2.71. The molecule has 4 rings (SSSR count). The summed E-state index contributed by atoms with van der Waals surface area (Å²) in [5.41, 5.74) is 1.28. The highest BCUT2D eigenvalue weighted by molar-refractivity contribution is 5.83. The summed E-state index contributed by atoms with van der Waals surface area (Å²) < 4.78 is 38.2. The Hall–Kier alpha value is -2.38. The van der Waals surface area contributed by atoms with E-state index in [9.17, 15) is 18.0 Å². The number of carbonyl (C=O) groups is 1. The molecule has 4 nitrogen and oxygen atoms in total. The standard InChI is InChI=1S/C22H24F3N3O/c23-22(24,25)19-8-6-18(7-9-19)15-28-13-12-27-11-10-26(16-20(27)21(28)29)14-17-4-2-1-3-5-17/h1-9,20H,10-16H2. The number of piperazine rings is 2. The molecule has 0 N–H and O–H groups in total. The number of hydrogen-bond acceptors (Lipinski definition) is 3. The van der Waals surface area contributed by atoms with E-state index >= 15 is 0 Å². The summed E-state index contributed by atoms with van der Waals surface area (Å²) in [6, 6.07) is 15.1. The van der Waals surface area contributed by atoms with E-state index in [1.165, 1.54) is 17.7 Å². The summed E-state index contributed by atoms with van der Waals surface area (Å²) >= 11 is 0. The lowest BCUT2D eigenvalue weighted by Crippen LogP contribution is -2.64. The zero-order valence-corrected chi connectivity index (χ0v) is 16.1. The van der Waals surface area contributed by atoms with Crippen LogP contribution < -0.4 is 0 Å². The molecule has 0 spiro atoms. The first-order valence-electron chi connectivity index (χ1n) is 9.85. The highest BCUT2D eigenvalue weighted by atomic mass is 19.4. The monoisotopic (exact) mass is 403 g/mol. The predicted octanol–water partition coefficient (Wildman–Crippen LogP) is 3.23. The van der Waals surface area contributed by atoms with Crippen molar-refractivity contribution < 1.29 is 18.0 Å². The number of fused-ring (bicyclic) bond motifs is 1. The largest absolute Gasteiger partial charge is 0.416 e. The fourth-order valence-corrected chi connectivity index (χ4v) is 4.11. The van der Waals surface area contributed by atoms with Crippen LogP contribution in [0.3, 0.4) is 0 Å². The molecule has 1 unspecified atom stereocenters. The first-order chi connectivity index (χ1) is 13.9. The van der Waals surface area contributed by atoms with E-state index in [1.54, 1.807) is 4.90 Å². The van der Waals surface area contributed by atoms with E-state index < -0.39 is 11.7 Å². The quantitative estimate of drug-likeness (QED) is 0.784. The fourth-order valence-electron chi connectivity index (χ4n) is 4.11. The van der Waals surface area contributed by atoms with Crippen molar-refractivity contribution in [2.24, 2.45) is 0 Å². The summed E-state index contributed by atoms with van der Waals surface area (Å²) in [5, 5.41) is 0. The van der Waals surface area contributed by atoms with E-state index in [1.807, 2.05) is 18.2 Å². The zero-order valence-electron chi connectivity index (χ0n) is 16.1. The van der Waals surface area contributed by atoms with Crippen molar-refractivity contribution in [3.63, 3.8) is 0 Å². The van der Waals surface area contributed by atoms with Crippen LogP contribution in [0.25, 0.3) is 0 Å². The molecule has 2 heterocycles. The van der Waals surface area contributed by atoms with Crippen molar-refractivity contribution >= 4 is 5.91 Å². The van der Waals surface area contributed by atoms with Crippen LogP contribution in [0.5, 0.6) is 0 Å². The molecule has 7 heteroatoms. The van der Waals surface area contributed by atoms with Crippen molar-refractivity contribution in [2.45, 2.75) is 25.3 Å². The summed E-state index contributed by atoms with van der Waals surface area (Å²) in [6.07, 6.45) is -4.34. The van der Waals surface area contributed by atoms with Crippen LogP contribution in [0.4, 0.5) is 13.2 Å². The Bertz CT molecular complexity index is 839. The molecule has 2 aromatic rings. The Morgan fingerprint density at radius 2 is 1.48 bits per heavy atom. The first-order valence-corrected chi connectivity index (χ1v) is 9.85. The molecule has 29 heavy (non-hydrogen) atoms. The van der Waals surface area contributed by atoms with E-state index in [-0.39, 0.29) is 11.9 Å². The minimum absolute atomic E-state index is 0.0638. The first kappa shape index (κ1) is 19.9. The SMILES string of the molecule is O=C1C2CN(Cc3ccccc3)CCN2CCN1Cc1ccc(C(F)(F)F)cc1. The van der Waals surface area contributed by atoms with Crippen LogP contribution in [0.2, 0.25) is 0 Å². The number of alkyl halides is 3. The molecule has 2 aliphatic heterocycles. The molecular weight excluding hydrogens is 379 g/mol. The smallest absolute Gasteiger partial charge is 0.336 e. The van der Waals surface area contributed by atoms with Crippen molar-refractivity contribution in [1.29, 1.82) is 0 Å². The average molecular weight is 403 g/mol. The second-order valence-electron chi connectivity index (χ2n) is 7.73. The van der Waals surface area contributed by atoms with Gasteiger partial charge in [0.25, 0.3) is 0 Å². The van der Waals surface area contributed by atoms with Crippen LogP contribution in [-0.4, -0.2) is 59.4 Å². The van der Waals surface area contributed by atoms with Gasteiger partial charge in [0, 0.05) is 45.8 Å². The lowest BCUT2D eigenvalue weighted by molar-refractivity contribution is -0.146. The van der Waals surface area contributed by atoms with Gasteiger partial charge in [-0.15, -0.1) is 0 Å². The van der Waals surface area contributed by atoms with Gasteiger partial charge in [0.05, 0.1) is 5.56 Å². The molecule has 1 atom stereocenters. The van der Waals surface area contributed by atoms with Crippen molar-refractivity contribution in [3.8, 4) is 0 Å². The molecule has 0 saturated carbocycles. The van der Waals surface area contributed by atoms with Gasteiger partial charge in [0.2, 0.25) is 5.91 Å². The Balaban J connectivity index is 1.39. The predicted molar refractivity (Wildman–Crippen MR) is 104 cm³/mol. The maximum atomic E-state index is 13.1. The van der Waals surface area contributed by atoms with Gasteiger partial charge in [-0.05, 0) is 23.3 Å². The highest BCUT2D eigenvalue weighted by Gasteiger charge is 2.38. The Morgan fingerprint density at radius 3 is 2.17 bits per heavy atom. The number of nitrogens with zero attached hydrogens (tertiary/aromatic N) is 3. The van der Waals surface area contributed by atoms with Gasteiger partial charge >= 0.3 is 6.18 Å². The van der Waals surface area contributed by atoms with E-state index in [4.69, 9.17) is 0 Å². The third kappa shape index (κ3) is 4.62. The van der Waals surface area contributed by atoms with Crippen molar-refractivity contribution in [2.75, 3.05) is 32.7 Å². The molecule has 0 radical (unpaired) electrons. The maximum absolute atomic E-state index is 13.1. The minimum atomic E-state index is -4.34.